The van der Waals surface area contributed by atoms with E-state index in [4.69, 9.17) is 4.74 Å². The van der Waals surface area contributed by atoms with Crippen molar-refractivity contribution in [1.82, 2.24) is 20.2 Å². The number of aromatic nitrogens is 2. The molecule has 2 aromatic rings. The van der Waals surface area contributed by atoms with Crippen molar-refractivity contribution in [2.24, 2.45) is 0 Å². The summed E-state index contributed by atoms with van der Waals surface area (Å²) in [4.78, 5) is 58.7. The molecule has 2 aromatic heterocycles. The molecule has 4 rings (SSSR count). The van der Waals surface area contributed by atoms with E-state index in [0.29, 0.717) is 22.6 Å². The summed E-state index contributed by atoms with van der Waals surface area (Å²) in [5.41, 5.74) is 0.954. The highest BCUT2D eigenvalue weighted by molar-refractivity contribution is 7.18. The highest BCUT2D eigenvalue weighted by atomic mass is 32.1. The van der Waals surface area contributed by atoms with E-state index in [1.54, 1.807) is 11.3 Å². The van der Waals surface area contributed by atoms with Crippen LogP contribution < -0.4 is 10.9 Å². The number of ether oxygens (including phenoxy) is 1. The Balaban J connectivity index is 1.39. The Labute approximate surface area is 170 Å². The SMILES string of the molecule is C[C@H](OC(=O)CCc1nc2sc3c(c2c(=O)[nH]1)CCCC3)C(=O)N1CCNC1=O. The van der Waals surface area contributed by atoms with Gasteiger partial charge >= 0.3 is 12.0 Å². The number of imide groups is 1. The molecule has 2 N–H and O–H groups in total. The van der Waals surface area contributed by atoms with E-state index in [0.717, 1.165) is 36.1 Å². The molecule has 0 unspecified atom stereocenters. The van der Waals surface area contributed by atoms with Crippen molar-refractivity contribution >= 4 is 39.5 Å². The Bertz CT molecular complexity index is 1040. The maximum atomic E-state index is 12.5. The van der Waals surface area contributed by atoms with Gasteiger partial charge < -0.3 is 15.0 Å². The van der Waals surface area contributed by atoms with Crippen molar-refractivity contribution in [3.63, 3.8) is 0 Å². The van der Waals surface area contributed by atoms with Gasteiger partial charge in [0, 0.05) is 24.4 Å². The van der Waals surface area contributed by atoms with E-state index in [9.17, 15) is 19.2 Å². The van der Waals surface area contributed by atoms with Crippen molar-refractivity contribution in [2.45, 2.75) is 51.6 Å². The van der Waals surface area contributed by atoms with Gasteiger partial charge in [0.15, 0.2) is 6.10 Å². The molecule has 1 fully saturated rings. The molecule has 2 aliphatic rings. The summed E-state index contributed by atoms with van der Waals surface area (Å²) in [6, 6.07) is -0.480. The number of hydrogen-bond donors (Lipinski definition) is 2. The van der Waals surface area contributed by atoms with Gasteiger partial charge in [-0.2, -0.15) is 0 Å². The number of amides is 3. The molecule has 0 spiro atoms. The highest BCUT2D eigenvalue weighted by Gasteiger charge is 2.31. The number of aryl methyl sites for hydroxylation is 3. The number of urea groups is 1. The van der Waals surface area contributed by atoms with Crippen LogP contribution in [0.2, 0.25) is 0 Å². The maximum absolute atomic E-state index is 12.5. The van der Waals surface area contributed by atoms with Crippen LogP contribution in [0.3, 0.4) is 0 Å². The quantitative estimate of drug-likeness (QED) is 0.706. The number of H-pyrrole nitrogens is 1. The van der Waals surface area contributed by atoms with Gasteiger partial charge in [-0.3, -0.25) is 19.3 Å². The van der Waals surface area contributed by atoms with E-state index >= 15 is 0 Å². The minimum absolute atomic E-state index is 0.0245. The largest absolute Gasteiger partial charge is 0.453 e. The summed E-state index contributed by atoms with van der Waals surface area (Å²) in [6.45, 7) is 2.09. The molecule has 1 atom stereocenters. The Kier molecular flexibility index (Phi) is 5.35. The van der Waals surface area contributed by atoms with Gasteiger partial charge in [0.25, 0.3) is 11.5 Å². The topological polar surface area (TPSA) is 121 Å². The molecular weight excluding hydrogens is 396 g/mol. The number of esters is 1. The molecule has 3 heterocycles. The molecule has 0 radical (unpaired) electrons. The zero-order valence-corrected chi connectivity index (χ0v) is 16.9. The lowest BCUT2D eigenvalue weighted by atomic mass is 9.97. The minimum atomic E-state index is -1.05. The van der Waals surface area contributed by atoms with Gasteiger partial charge in [-0.15, -0.1) is 11.3 Å². The second kappa shape index (κ2) is 7.94. The average molecular weight is 418 g/mol. The molecule has 29 heavy (non-hydrogen) atoms. The van der Waals surface area contributed by atoms with Crippen LogP contribution in [0.1, 0.15) is 42.5 Å². The maximum Gasteiger partial charge on any atom is 0.324 e. The van der Waals surface area contributed by atoms with Crippen molar-refractivity contribution in [3.8, 4) is 0 Å². The summed E-state index contributed by atoms with van der Waals surface area (Å²) >= 11 is 1.56. The van der Waals surface area contributed by atoms with Gasteiger partial charge in [-0.1, -0.05) is 0 Å². The highest BCUT2D eigenvalue weighted by Crippen LogP contribution is 2.33. The molecule has 0 aromatic carbocycles. The van der Waals surface area contributed by atoms with E-state index in [-0.39, 0.29) is 24.9 Å². The number of carbonyl (C=O) groups excluding carboxylic acids is 3. The molecule has 0 bridgehead atoms. The molecule has 3 amide bonds. The van der Waals surface area contributed by atoms with E-state index < -0.39 is 24.0 Å². The van der Waals surface area contributed by atoms with Crippen LogP contribution in [0.5, 0.6) is 0 Å². The Hall–Kier alpha value is -2.75. The third-order valence-corrected chi connectivity index (χ3v) is 6.40. The van der Waals surface area contributed by atoms with Crippen LogP contribution in [-0.2, 0) is 33.6 Å². The number of fused-ring (bicyclic) bond motifs is 3. The fraction of sp³-hybridized carbons (Fsp3) is 0.526. The van der Waals surface area contributed by atoms with Crippen molar-refractivity contribution in [1.29, 1.82) is 0 Å². The smallest absolute Gasteiger partial charge is 0.324 e. The van der Waals surface area contributed by atoms with Crippen molar-refractivity contribution in [2.75, 3.05) is 13.1 Å². The molecule has 1 aliphatic carbocycles. The van der Waals surface area contributed by atoms with Crippen LogP contribution >= 0.6 is 11.3 Å². The van der Waals surface area contributed by atoms with Crippen LogP contribution in [0.4, 0.5) is 4.79 Å². The van der Waals surface area contributed by atoms with Gasteiger partial charge in [0.2, 0.25) is 0 Å². The number of nitrogens with zero attached hydrogens (tertiary/aromatic N) is 2. The monoisotopic (exact) mass is 418 g/mol. The molecule has 1 aliphatic heterocycles. The molecule has 1 saturated heterocycles. The van der Waals surface area contributed by atoms with Gasteiger partial charge in [0.1, 0.15) is 10.7 Å². The van der Waals surface area contributed by atoms with Crippen molar-refractivity contribution < 1.29 is 19.1 Å². The van der Waals surface area contributed by atoms with Gasteiger partial charge in [-0.25, -0.2) is 9.78 Å². The van der Waals surface area contributed by atoms with E-state index in [2.05, 4.69) is 15.3 Å². The zero-order chi connectivity index (χ0) is 20.5. The van der Waals surface area contributed by atoms with Crippen LogP contribution in [0.15, 0.2) is 4.79 Å². The minimum Gasteiger partial charge on any atom is -0.453 e. The lowest BCUT2D eigenvalue weighted by Gasteiger charge is -2.18. The van der Waals surface area contributed by atoms with Crippen LogP contribution in [-0.4, -0.2) is 52.0 Å². The Morgan fingerprint density at radius 1 is 1.28 bits per heavy atom. The standard InChI is InChI=1S/C19H22N4O5S/c1-10(18(26)23-9-8-20-19(23)27)28-14(24)7-6-13-21-16(25)15-11-4-2-3-5-12(11)29-17(15)22-13/h10H,2-9H2,1H3,(H,20,27)(H,21,22,25)/t10-/m0/s1. The fourth-order valence-corrected chi connectivity index (χ4v) is 5.04. The van der Waals surface area contributed by atoms with Crippen LogP contribution in [0, 0.1) is 0 Å². The number of hydrogen-bond acceptors (Lipinski definition) is 7. The number of thiophene rings is 1. The summed E-state index contributed by atoms with van der Waals surface area (Å²) in [7, 11) is 0. The second-order valence-corrected chi connectivity index (χ2v) is 8.34. The summed E-state index contributed by atoms with van der Waals surface area (Å²) in [5, 5.41) is 3.21. The Morgan fingerprint density at radius 2 is 2.07 bits per heavy atom. The predicted molar refractivity (Wildman–Crippen MR) is 106 cm³/mol. The third-order valence-electron chi connectivity index (χ3n) is 5.22. The fourth-order valence-electron chi connectivity index (χ4n) is 3.76. The number of nitrogens with one attached hydrogen (secondary N) is 2. The predicted octanol–water partition coefficient (Wildman–Crippen LogP) is 1.28. The second-order valence-electron chi connectivity index (χ2n) is 7.26. The van der Waals surface area contributed by atoms with Gasteiger partial charge in [-0.05, 0) is 38.2 Å². The van der Waals surface area contributed by atoms with Crippen LogP contribution in [0.25, 0.3) is 10.2 Å². The molecule has 0 saturated carbocycles. The lowest BCUT2D eigenvalue weighted by Crippen LogP contribution is -2.41. The first kappa shape index (κ1) is 19.6. The Morgan fingerprint density at radius 3 is 2.83 bits per heavy atom. The average Bonchev–Trinajstić information content (AvgIpc) is 3.28. The van der Waals surface area contributed by atoms with Gasteiger partial charge in [0.05, 0.1) is 11.8 Å². The van der Waals surface area contributed by atoms with E-state index in [1.807, 2.05) is 0 Å². The number of rotatable bonds is 5. The first-order valence-electron chi connectivity index (χ1n) is 9.76. The molecule has 10 heteroatoms. The first-order valence-corrected chi connectivity index (χ1v) is 10.6. The molecule has 154 valence electrons. The third kappa shape index (κ3) is 3.89. The normalized spacial score (nSPS) is 17.1. The lowest BCUT2D eigenvalue weighted by molar-refractivity contribution is -0.157. The molecule has 9 nitrogen and oxygen atoms in total. The van der Waals surface area contributed by atoms with E-state index in [1.165, 1.54) is 11.8 Å². The zero-order valence-electron chi connectivity index (χ0n) is 16.1. The first-order chi connectivity index (χ1) is 13.9. The van der Waals surface area contributed by atoms with Crippen molar-refractivity contribution in [3.05, 3.63) is 26.6 Å². The molecular formula is C19H22N4O5S. The number of carbonyl (C=O) groups is 3. The summed E-state index contributed by atoms with van der Waals surface area (Å²) in [5.74, 6) is -0.708. The summed E-state index contributed by atoms with van der Waals surface area (Å²) < 4.78 is 5.15. The number of aromatic amines is 1. The summed E-state index contributed by atoms with van der Waals surface area (Å²) in [6.07, 6.45) is 3.24.